The summed E-state index contributed by atoms with van der Waals surface area (Å²) in [4.78, 5) is 8.61. The Kier molecular flexibility index (Phi) is 10.5. The largest absolute Gasteiger partial charge is 0.490 e. The average Bonchev–Trinajstić information content (AvgIpc) is 2.63. The van der Waals surface area contributed by atoms with Gasteiger partial charge in [0.05, 0.1) is 19.8 Å². The number of ether oxygens (including phenoxy) is 3. The maximum absolute atomic E-state index is 5.85. The lowest BCUT2D eigenvalue weighted by atomic mass is 10.3. The van der Waals surface area contributed by atoms with Crippen LogP contribution in [0, 0.1) is 0 Å². The van der Waals surface area contributed by atoms with Gasteiger partial charge in [-0.1, -0.05) is 18.2 Å². The zero-order chi connectivity index (χ0) is 18.8. The van der Waals surface area contributed by atoms with Crippen LogP contribution < -0.4 is 20.5 Å². The van der Waals surface area contributed by atoms with Crippen molar-refractivity contribution in [3.63, 3.8) is 0 Å². The molecule has 0 fully saturated rings. The van der Waals surface area contributed by atoms with Crippen molar-refractivity contribution in [2.24, 2.45) is 10.7 Å². The van der Waals surface area contributed by atoms with E-state index in [0.717, 1.165) is 5.56 Å². The molecule has 0 saturated carbocycles. The summed E-state index contributed by atoms with van der Waals surface area (Å²) in [6.45, 7) is 5.47. The van der Waals surface area contributed by atoms with Crippen LogP contribution in [0.2, 0.25) is 0 Å². The third-order valence-corrected chi connectivity index (χ3v) is 3.40. The molecule has 0 radical (unpaired) electrons. The molecular formula is C19H27IN4O3. The van der Waals surface area contributed by atoms with Crippen LogP contribution >= 0.6 is 24.0 Å². The zero-order valence-corrected chi connectivity index (χ0v) is 18.2. The van der Waals surface area contributed by atoms with Crippen LogP contribution in [0.1, 0.15) is 19.4 Å². The van der Waals surface area contributed by atoms with Gasteiger partial charge in [-0.3, -0.25) is 0 Å². The van der Waals surface area contributed by atoms with Gasteiger partial charge in [-0.05, 0) is 31.5 Å². The first-order valence-corrected chi connectivity index (χ1v) is 8.52. The Morgan fingerprint density at radius 1 is 1.22 bits per heavy atom. The molecule has 148 valence electrons. The minimum atomic E-state index is 0. The van der Waals surface area contributed by atoms with E-state index in [1.165, 1.54) is 0 Å². The summed E-state index contributed by atoms with van der Waals surface area (Å²) in [6.07, 6.45) is 1.72. The summed E-state index contributed by atoms with van der Waals surface area (Å²) in [5, 5.41) is 3.06. The molecule has 1 aromatic carbocycles. The normalized spacial score (nSPS) is 12.0. The van der Waals surface area contributed by atoms with Crippen LogP contribution in [-0.2, 0) is 11.3 Å². The van der Waals surface area contributed by atoms with E-state index in [4.69, 9.17) is 19.9 Å². The molecule has 0 aliphatic rings. The van der Waals surface area contributed by atoms with Gasteiger partial charge in [0.25, 0.3) is 0 Å². The number of aliphatic imine (C=N–C) groups is 1. The van der Waals surface area contributed by atoms with Crippen LogP contribution in [0.4, 0.5) is 0 Å². The highest BCUT2D eigenvalue weighted by molar-refractivity contribution is 14.0. The van der Waals surface area contributed by atoms with E-state index in [0.29, 0.717) is 43.1 Å². The number of hydrogen-bond donors (Lipinski definition) is 2. The molecule has 0 amide bonds. The molecule has 2 rings (SSSR count). The smallest absolute Gasteiger partial charge is 0.219 e. The fourth-order valence-corrected chi connectivity index (χ4v) is 2.25. The van der Waals surface area contributed by atoms with Crippen LogP contribution in [0.15, 0.2) is 47.6 Å². The van der Waals surface area contributed by atoms with Crippen molar-refractivity contribution in [3.8, 4) is 17.4 Å². The predicted octanol–water partition coefficient (Wildman–Crippen LogP) is 3.33. The number of guanidine groups is 1. The number of nitrogens with two attached hydrogens (primary N) is 1. The summed E-state index contributed by atoms with van der Waals surface area (Å²) in [5.74, 6) is 2.19. The van der Waals surface area contributed by atoms with Gasteiger partial charge in [0.1, 0.15) is 0 Å². The first kappa shape index (κ1) is 23.0. The summed E-state index contributed by atoms with van der Waals surface area (Å²) in [7, 11) is 1.65. The highest BCUT2D eigenvalue weighted by atomic mass is 127. The Labute approximate surface area is 177 Å². The molecule has 0 bridgehead atoms. The number of nitrogens with zero attached hydrogens (tertiary/aromatic N) is 2. The molecule has 2 aromatic rings. The molecular weight excluding hydrogens is 459 g/mol. The highest BCUT2D eigenvalue weighted by Gasteiger charge is 2.06. The summed E-state index contributed by atoms with van der Waals surface area (Å²) in [5.41, 5.74) is 6.78. The fourth-order valence-electron chi connectivity index (χ4n) is 2.25. The lowest BCUT2D eigenvalue weighted by Crippen LogP contribution is -2.40. The second kappa shape index (κ2) is 12.3. The second-order valence-electron chi connectivity index (χ2n) is 5.69. The molecule has 0 saturated heterocycles. The van der Waals surface area contributed by atoms with Crippen molar-refractivity contribution in [2.45, 2.75) is 26.4 Å². The number of rotatable bonds is 9. The van der Waals surface area contributed by atoms with Crippen LogP contribution in [-0.4, -0.2) is 37.3 Å². The number of pyridine rings is 1. The molecule has 0 aliphatic heterocycles. The van der Waals surface area contributed by atoms with Gasteiger partial charge in [0, 0.05) is 25.4 Å². The minimum absolute atomic E-state index is 0. The van der Waals surface area contributed by atoms with Crippen LogP contribution in [0.5, 0.6) is 17.4 Å². The maximum Gasteiger partial charge on any atom is 0.219 e. The number of aromatic nitrogens is 1. The zero-order valence-electron chi connectivity index (χ0n) is 15.8. The van der Waals surface area contributed by atoms with Crippen LogP contribution in [0.3, 0.4) is 0 Å². The van der Waals surface area contributed by atoms with Crippen molar-refractivity contribution >= 4 is 29.9 Å². The Morgan fingerprint density at radius 2 is 1.96 bits per heavy atom. The fraction of sp³-hybridized carbons (Fsp3) is 0.368. The standard InChI is InChI=1S/C19H26N4O3.HI/c1-4-25-16-7-5-6-8-17(16)26-18-10-9-15(11-21-18)12-22-19(20)23-14(2)13-24-3;/h5-11,14H,4,12-13H2,1-3H3,(H3,20,22,23);1H. The molecule has 1 aromatic heterocycles. The molecule has 3 N–H and O–H groups in total. The molecule has 8 heteroatoms. The maximum atomic E-state index is 5.85. The van der Waals surface area contributed by atoms with Gasteiger partial charge in [-0.15, -0.1) is 24.0 Å². The first-order chi connectivity index (χ1) is 12.6. The predicted molar refractivity (Wildman–Crippen MR) is 117 cm³/mol. The van der Waals surface area contributed by atoms with Gasteiger partial charge >= 0.3 is 0 Å². The topological polar surface area (TPSA) is 91.0 Å². The Balaban J connectivity index is 0.00000364. The van der Waals surface area contributed by atoms with Crippen molar-refractivity contribution in [2.75, 3.05) is 20.3 Å². The van der Waals surface area contributed by atoms with E-state index >= 15 is 0 Å². The number of nitrogens with one attached hydrogen (secondary N) is 1. The Morgan fingerprint density at radius 3 is 2.59 bits per heavy atom. The molecule has 27 heavy (non-hydrogen) atoms. The monoisotopic (exact) mass is 486 g/mol. The minimum Gasteiger partial charge on any atom is -0.490 e. The first-order valence-electron chi connectivity index (χ1n) is 8.52. The van der Waals surface area contributed by atoms with Gasteiger partial charge in [-0.2, -0.15) is 0 Å². The van der Waals surface area contributed by atoms with Gasteiger partial charge in [0.2, 0.25) is 5.88 Å². The van der Waals surface area contributed by atoms with E-state index in [1.54, 1.807) is 19.4 Å². The number of para-hydroxylation sites is 2. The number of methoxy groups -OCH3 is 1. The van der Waals surface area contributed by atoms with E-state index in [1.807, 2.05) is 44.2 Å². The molecule has 1 atom stereocenters. The third-order valence-electron chi connectivity index (χ3n) is 3.40. The van der Waals surface area contributed by atoms with Gasteiger partial charge in [0.15, 0.2) is 17.5 Å². The molecule has 0 aliphatic carbocycles. The number of halogens is 1. The molecule has 1 unspecified atom stereocenters. The Hall–Kier alpha value is -2.07. The molecule has 0 spiro atoms. The molecule has 1 heterocycles. The van der Waals surface area contributed by atoms with Crippen molar-refractivity contribution in [3.05, 3.63) is 48.2 Å². The van der Waals surface area contributed by atoms with Crippen molar-refractivity contribution in [1.82, 2.24) is 10.3 Å². The summed E-state index contributed by atoms with van der Waals surface area (Å²) >= 11 is 0. The number of benzene rings is 1. The van der Waals surface area contributed by atoms with Gasteiger partial charge in [-0.25, -0.2) is 9.98 Å². The van der Waals surface area contributed by atoms with E-state index in [-0.39, 0.29) is 30.0 Å². The van der Waals surface area contributed by atoms with Gasteiger partial charge < -0.3 is 25.3 Å². The average molecular weight is 486 g/mol. The lowest BCUT2D eigenvalue weighted by Gasteiger charge is -2.13. The van der Waals surface area contributed by atoms with Crippen molar-refractivity contribution < 1.29 is 14.2 Å². The van der Waals surface area contributed by atoms with E-state index in [2.05, 4.69) is 15.3 Å². The third kappa shape index (κ3) is 8.00. The van der Waals surface area contributed by atoms with E-state index < -0.39 is 0 Å². The summed E-state index contributed by atoms with van der Waals surface area (Å²) in [6, 6.07) is 11.3. The quantitative estimate of drug-likeness (QED) is 0.321. The SMILES string of the molecule is CCOc1ccccc1Oc1ccc(CN=C(N)NC(C)COC)cn1.I. The number of hydrogen-bond acceptors (Lipinski definition) is 5. The molecule has 7 nitrogen and oxygen atoms in total. The Bertz CT molecular complexity index is 710. The summed E-state index contributed by atoms with van der Waals surface area (Å²) < 4.78 is 16.4. The van der Waals surface area contributed by atoms with Crippen LogP contribution in [0.25, 0.3) is 0 Å². The second-order valence-corrected chi connectivity index (χ2v) is 5.69. The highest BCUT2D eigenvalue weighted by Crippen LogP contribution is 2.30. The lowest BCUT2D eigenvalue weighted by molar-refractivity contribution is 0.179. The van der Waals surface area contributed by atoms with Crippen molar-refractivity contribution in [1.29, 1.82) is 0 Å². The van der Waals surface area contributed by atoms with E-state index in [9.17, 15) is 0 Å².